The molecular weight excluding hydrogens is 362 g/mol. The Morgan fingerprint density at radius 3 is 2.21 bits per heavy atom. The first kappa shape index (κ1) is 20.8. The number of rotatable bonds is 8. The second-order valence-electron chi connectivity index (χ2n) is 5.86. The number of hydrogen-bond acceptors (Lipinski definition) is 7. The van der Waals surface area contributed by atoms with Crippen LogP contribution in [-0.4, -0.2) is 38.9 Å². The van der Waals surface area contributed by atoms with Gasteiger partial charge in [0.1, 0.15) is 0 Å². The molecular formula is C20H23N3O5. The van der Waals surface area contributed by atoms with Gasteiger partial charge < -0.3 is 19.5 Å². The third-order valence-corrected chi connectivity index (χ3v) is 3.64. The van der Waals surface area contributed by atoms with E-state index in [0.29, 0.717) is 17.1 Å². The summed E-state index contributed by atoms with van der Waals surface area (Å²) in [5.74, 6) is 0.00589. The monoisotopic (exact) mass is 385 g/mol. The number of hydrogen-bond donors (Lipinski definition) is 2. The van der Waals surface area contributed by atoms with Crippen molar-refractivity contribution in [3.05, 3.63) is 47.5 Å². The molecule has 0 aliphatic rings. The van der Waals surface area contributed by atoms with Gasteiger partial charge in [-0.15, -0.1) is 0 Å². The van der Waals surface area contributed by atoms with Crippen LogP contribution in [0.1, 0.15) is 18.1 Å². The van der Waals surface area contributed by atoms with E-state index in [9.17, 15) is 9.59 Å². The molecule has 0 aliphatic carbocycles. The van der Waals surface area contributed by atoms with E-state index >= 15 is 0 Å². The molecule has 8 heteroatoms. The van der Waals surface area contributed by atoms with Crippen LogP contribution in [-0.2, 0) is 9.59 Å². The summed E-state index contributed by atoms with van der Waals surface area (Å²) in [6.45, 7) is 3.36. The second kappa shape index (κ2) is 9.96. The number of carbonyl (C=O) groups is 2. The number of carbonyl (C=O) groups excluding carboxylic acids is 2. The average molecular weight is 385 g/mol. The molecule has 0 fully saturated rings. The van der Waals surface area contributed by atoms with E-state index in [-0.39, 0.29) is 18.2 Å². The lowest BCUT2D eigenvalue weighted by Crippen LogP contribution is -2.25. The highest BCUT2D eigenvalue weighted by Crippen LogP contribution is 2.38. The fourth-order valence-corrected chi connectivity index (χ4v) is 2.29. The first-order chi connectivity index (χ1) is 13.4. The van der Waals surface area contributed by atoms with Gasteiger partial charge in [0.15, 0.2) is 11.5 Å². The fraction of sp³-hybridized carbons (Fsp3) is 0.250. The largest absolute Gasteiger partial charge is 0.493 e. The van der Waals surface area contributed by atoms with Crippen LogP contribution in [0.5, 0.6) is 17.2 Å². The van der Waals surface area contributed by atoms with E-state index in [1.807, 2.05) is 31.2 Å². The summed E-state index contributed by atoms with van der Waals surface area (Å²) >= 11 is 0. The molecule has 2 rings (SSSR count). The average Bonchev–Trinajstić information content (AvgIpc) is 2.67. The van der Waals surface area contributed by atoms with Crippen LogP contribution >= 0.6 is 0 Å². The van der Waals surface area contributed by atoms with Gasteiger partial charge in [0.25, 0.3) is 5.91 Å². The zero-order chi connectivity index (χ0) is 20.5. The topological polar surface area (TPSA) is 98.2 Å². The standard InChI is InChI=1S/C20H23N3O5/c1-13-5-7-16(8-6-13)21-12-19(25)23-22-11-15-9-17(26-3)20(28-14(2)24)18(10-15)27-4/h5-11,21H,12H2,1-4H3,(H,23,25)/b22-11-. The van der Waals surface area contributed by atoms with Gasteiger partial charge in [0.2, 0.25) is 5.75 Å². The van der Waals surface area contributed by atoms with Crippen molar-refractivity contribution in [2.75, 3.05) is 26.1 Å². The molecule has 0 saturated heterocycles. The number of anilines is 1. The maximum atomic E-state index is 11.9. The number of nitrogens with one attached hydrogen (secondary N) is 2. The number of benzene rings is 2. The van der Waals surface area contributed by atoms with Crippen molar-refractivity contribution >= 4 is 23.8 Å². The predicted octanol–water partition coefficient (Wildman–Crippen LogP) is 2.50. The van der Waals surface area contributed by atoms with E-state index in [4.69, 9.17) is 14.2 Å². The Balaban J connectivity index is 1.99. The van der Waals surface area contributed by atoms with Crippen molar-refractivity contribution in [3.8, 4) is 17.2 Å². The van der Waals surface area contributed by atoms with Crippen molar-refractivity contribution < 1.29 is 23.8 Å². The third-order valence-electron chi connectivity index (χ3n) is 3.64. The minimum atomic E-state index is -0.494. The van der Waals surface area contributed by atoms with E-state index in [1.165, 1.54) is 27.4 Å². The zero-order valence-corrected chi connectivity index (χ0v) is 16.2. The molecule has 2 N–H and O–H groups in total. The SMILES string of the molecule is COc1cc(/C=N\NC(=O)CNc2ccc(C)cc2)cc(OC)c1OC(C)=O. The molecule has 8 nitrogen and oxygen atoms in total. The van der Waals surface area contributed by atoms with Gasteiger partial charge in [-0.1, -0.05) is 17.7 Å². The number of amides is 1. The molecule has 0 bridgehead atoms. The lowest BCUT2D eigenvalue weighted by Gasteiger charge is -2.13. The van der Waals surface area contributed by atoms with E-state index < -0.39 is 5.97 Å². The maximum Gasteiger partial charge on any atom is 0.308 e. The van der Waals surface area contributed by atoms with Crippen molar-refractivity contribution in [2.45, 2.75) is 13.8 Å². The number of hydrazone groups is 1. The highest BCUT2D eigenvalue weighted by Gasteiger charge is 2.15. The minimum absolute atomic E-state index is 0.0818. The summed E-state index contributed by atoms with van der Waals surface area (Å²) in [5, 5.41) is 6.93. The lowest BCUT2D eigenvalue weighted by molar-refractivity contribution is -0.132. The van der Waals surface area contributed by atoms with Crippen molar-refractivity contribution in [1.29, 1.82) is 0 Å². The number of aryl methyl sites for hydroxylation is 1. The van der Waals surface area contributed by atoms with Gasteiger partial charge in [-0.25, -0.2) is 5.43 Å². The summed E-state index contributed by atoms with van der Waals surface area (Å²) < 4.78 is 15.6. The molecule has 0 heterocycles. The second-order valence-corrected chi connectivity index (χ2v) is 5.86. The molecule has 2 aromatic rings. The highest BCUT2D eigenvalue weighted by molar-refractivity contribution is 5.86. The molecule has 0 radical (unpaired) electrons. The van der Waals surface area contributed by atoms with Gasteiger partial charge in [-0.2, -0.15) is 5.10 Å². The van der Waals surface area contributed by atoms with Gasteiger partial charge in [0, 0.05) is 18.2 Å². The van der Waals surface area contributed by atoms with Gasteiger partial charge in [-0.05, 0) is 31.2 Å². The number of ether oxygens (including phenoxy) is 3. The number of methoxy groups -OCH3 is 2. The van der Waals surface area contributed by atoms with Crippen LogP contribution in [0.2, 0.25) is 0 Å². The van der Waals surface area contributed by atoms with Crippen LogP contribution in [0, 0.1) is 6.92 Å². The summed E-state index contributed by atoms with van der Waals surface area (Å²) in [7, 11) is 2.89. The quantitative estimate of drug-likeness (QED) is 0.314. The van der Waals surface area contributed by atoms with Crippen molar-refractivity contribution in [1.82, 2.24) is 5.43 Å². The number of esters is 1. The van der Waals surface area contributed by atoms with Crippen molar-refractivity contribution in [2.24, 2.45) is 5.10 Å². The molecule has 2 aromatic carbocycles. The molecule has 148 valence electrons. The minimum Gasteiger partial charge on any atom is -0.493 e. The summed E-state index contributed by atoms with van der Waals surface area (Å²) in [5.41, 5.74) is 5.02. The molecule has 0 atom stereocenters. The van der Waals surface area contributed by atoms with E-state index in [1.54, 1.807) is 12.1 Å². The highest BCUT2D eigenvalue weighted by atomic mass is 16.6. The molecule has 0 aliphatic heterocycles. The Bertz CT molecular complexity index is 838. The third kappa shape index (κ3) is 6.01. The van der Waals surface area contributed by atoms with Gasteiger partial charge >= 0.3 is 5.97 Å². The Labute approximate surface area is 163 Å². The van der Waals surface area contributed by atoms with E-state index in [0.717, 1.165) is 11.3 Å². The number of nitrogens with zero attached hydrogens (tertiary/aromatic N) is 1. The zero-order valence-electron chi connectivity index (χ0n) is 16.2. The Hall–Kier alpha value is -3.55. The lowest BCUT2D eigenvalue weighted by atomic mass is 10.2. The molecule has 0 saturated carbocycles. The van der Waals surface area contributed by atoms with Crippen LogP contribution in [0.3, 0.4) is 0 Å². The van der Waals surface area contributed by atoms with Crippen LogP contribution < -0.4 is 25.0 Å². The van der Waals surface area contributed by atoms with Gasteiger partial charge in [0.05, 0.1) is 27.0 Å². The van der Waals surface area contributed by atoms with Crippen LogP contribution in [0.15, 0.2) is 41.5 Å². The predicted molar refractivity (Wildman–Crippen MR) is 106 cm³/mol. The molecule has 1 amide bonds. The van der Waals surface area contributed by atoms with Crippen molar-refractivity contribution in [3.63, 3.8) is 0 Å². The first-order valence-corrected chi connectivity index (χ1v) is 8.49. The van der Waals surface area contributed by atoms with Crippen LogP contribution in [0.4, 0.5) is 5.69 Å². The normalized spacial score (nSPS) is 10.4. The molecule has 28 heavy (non-hydrogen) atoms. The molecule has 0 aromatic heterocycles. The maximum absolute atomic E-state index is 11.9. The Morgan fingerprint density at radius 2 is 1.68 bits per heavy atom. The summed E-state index contributed by atoms with van der Waals surface area (Å²) in [6.07, 6.45) is 1.44. The first-order valence-electron chi connectivity index (χ1n) is 8.49. The van der Waals surface area contributed by atoms with Crippen LogP contribution in [0.25, 0.3) is 0 Å². The molecule has 0 unspecified atom stereocenters. The summed E-state index contributed by atoms with van der Waals surface area (Å²) in [4.78, 5) is 23.1. The molecule has 0 spiro atoms. The Kier molecular flexibility index (Phi) is 7.38. The van der Waals surface area contributed by atoms with Gasteiger partial charge in [-0.3, -0.25) is 9.59 Å². The summed E-state index contributed by atoms with van der Waals surface area (Å²) in [6, 6.07) is 10.9. The fourth-order valence-electron chi connectivity index (χ4n) is 2.29. The Morgan fingerprint density at radius 1 is 1.07 bits per heavy atom. The van der Waals surface area contributed by atoms with E-state index in [2.05, 4.69) is 15.8 Å². The smallest absolute Gasteiger partial charge is 0.308 e.